The Hall–Kier alpha value is -1.59. The van der Waals surface area contributed by atoms with Gasteiger partial charge in [0.05, 0.1) is 6.54 Å². The van der Waals surface area contributed by atoms with Crippen molar-refractivity contribution < 1.29 is 14.4 Å². The monoisotopic (exact) mass is 171 g/mol. The number of hydrogen-bond donors (Lipinski definition) is 2. The van der Waals surface area contributed by atoms with E-state index in [0.717, 1.165) is 4.90 Å². The van der Waals surface area contributed by atoms with Crippen LogP contribution in [0.4, 0.5) is 4.79 Å². The number of nitrogens with two attached hydrogens (primary N) is 1. The summed E-state index contributed by atoms with van der Waals surface area (Å²) in [6.45, 7) is 1.35. The largest absolute Gasteiger partial charge is 0.368 e. The van der Waals surface area contributed by atoms with E-state index < -0.39 is 23.9 Å². The third-order valence-corrected chi connectivity index (χ3v) is 1.68. The second-order valence-corrected chi connectivity index (χ2v) is 2.50. The Bertz CT molecular complexity index is 234. The number of rotatable bonds is 2. The van der Waals surface area contributed by atoms with Gasteiger partial charge in [-0.1, -0.05) is 0 Å². The van der Waals surface area contributed by atoms with Gasteiger partial charge in [0.2, 0.25) is 5.91 Å². The summed E-state index contributed by atoms with van der Waals surface area (Å²) in [4.78, 5) is 33.3. The third kappa shape index (κ3) is 1.23. The minimum absolute atomic E-state index is 0.0591. The molecule has 1 heterocycles. The van der Waals surface area contributed by atoms with Gasteiger partial charge in [-0.05, 0) is 6.92 Å². The Labute approximate surface area is 68.7 Å². The first kappa shape index (κ1) is 8.51. The van der Waals surface area contributed by atoms with Crippen molar-refractivity contribution in [3.63, 3.8) is 0 Å². The summed E-state index contributed by atoms with van der Waals surface area (Å²) in [6.07, 6.45) is 0. The lowest BCUT2D eigenvalue weighted by atomic mass is 10.3. The summed E-state index contributed by atoms with van der Waals surface area (Å²) >= 11 is 0. The van der Waals surface area contributed by atoms with E-state index in [0.29, 0.717) is 0 Å². The molecule has 4 amide bonds. The first-order valence-electron chi connectivity index (χ1n) is 3.43. The third-order valence-electron chi connectivity index (χ3n) is 1.68. The molecule has 1 aliphatic rings. The lowest BCUT2D eigenvalue weighted by Crippen LogP contribution is -2.46. The van der Waals surface area contributed by atoms with E-state index in [9.17, 15) is 14.4 Å². The van der Waals surface area contributed by atoms with Crippen molar-refractivity contribution in [2.75, 3.05) is 6.54 Å². The Balaban J connectivity index is 2.79. The zero-order valence-electron chi connectivity index (χ0n) is 6.53. The van der Waals surface area contributed by atoms with Crippen molar-refractivity contribution >= 4 is 17.8 Å². The van der Waals surface area contributed by atoms with Crippen LogP contribution in [0.15, 0.2) is 0 Å². The quantitative estimate of drug-likeness (QED) is 0.490. The highest BCUT2D eigenvalue weighted by atomic mass is 16.2. The van der Waals surface area contributed by atoms with Gasteiger partial charge in [-0.15, -0.1) is 0 Å². The molecule has 12 heavy (non-hydrogen) atoms. The summed E-state index contributed by atoms with van der Waals surface area (Å²) in [5.41, 5.74) is 4.93. The molecule has 1 fully saturated rings. The van der Waals surface area contributed by atoms with Crippen LogP contribution in [0.2, 0.25) is 0 Å². The molecular formula is C6H9N3O3. The van der Waals surface area contributed by atoms with E-state index in [2.05, 4.69) is 5.32 Å². The normalized spacial score (nSPS) is 19.2. The van der Waals surface area contributed by atoms with Crippen LogP contribution in [0.3, 0.4) is 0 Å². The number of carbonyl (C=O) groups is 3. The van der Waals surface area contributed by atoms with Crippen molar-refractivity contribution in [2.45, 2.75) is 13.0 Å². The highest BCUT2D eigenvalue weighted by Gasteiger charge is 2.34. The number of primary amides is 1. The van der Waals surface area contributed by atoms with Crippen molar-refractivity contribution in [3.8, 4) is 0 Å². The number of nitrogens with zero attached hydrogens (tertiary/aromatic N) is 1. The van der Waals surface area contributed by atoms with Crippen molar-refractivity contribution in [3.05, 3.63) is 0 Å². The van der Waals surface area contributed by atoms with E-state index in [-0.39, 0.29) is 6.54 Å². The standard InChI is InChI=1S/C6H9N3O3/c1-3(5(7)11)9-4(10)2-8-6(9)12/h3H,2H2,1H3,(H2,7,11)(H,8,12)/t3-/m0/s1. The van der Waals surface area contributed by atoms with Crippen molar-refractivity contribution in [1.82, 2.24) is 10.2 Å². The molecule has 3 N–H and O–H groups in total. The smallest absolute Gasteiger partial charge is 0.325 e. The van der Waals surface area contributed by atoms with E-state index in [4.69, 9.17) is 5.73 Å². The van der Waals surface area contributed by atoms with E-state index in [1.54, 1.807) is 0 Å². The van der Waals surface area contributed by atoms with Gasteiger partial charge in [-0.3, -0.25) is 14.5 Å². The van der Waals surface area contributed by atoms with Crippen LogP contribution in [0.1, 0.15) is 6.92 Å². The number of imide groups is 1. The fourth-order valence-corrected chi connectivity index (χ4v) is 0.954. The van der Waals surface area contributed by atoms with Gasteiger partial charge in [0.15, 0.2) is 0 Å². The fraction of sp³-hybridized carbons (Fsp3) is 0.500. The molecule has 0 bridgehead atoms. The molecule has 1 rings (SSSR count). The van der Waals surface area contributed by atoms with Gasteiger partial charge in [-0.2, -0.15) is 0 Å². The van der Waals surface area contributed by atoms with Gasteiger partial charge in [0.25, 0.3) is 5.91 Å². The van der Waals surface area contributed by atoms with Crippen LogP contribution in [0.5, 0.6) is 0 Å². The number of urea groups is 1. The molecule has 0 radical (unpaired) electrons. The van der Waals surface area contributed by atoms with Gasteiger partial charge >= 0.3 is 6.03 Å². The number of hydrogen-bond acceptors (Lipinski definition) is 3. The molecule has 1 aliphatic heterocycles. The maximum absolute atomic E-state index is 11.0. The SMILES string of the molecule is C[C@@H](C(N)=O)N1C(=O)CNC1=O. The molecule has 0 aliphatic carbocycles. The molecule has 0 spiro atoms. The summed E-state index contributed by atoms with van der Waals surface area (Å²) in [5, 5.41) is 2.28. The Morgan fingerprint density at radius 1 is 1.67 bits per heavy atom. The Morgan fingerprint density at radius 2 is 2.25 bits per heavy atom. The fourth-order valence-electron chi connectivity index (χ4n) is 0.954. The summed E-state index contributed by atoms with van der Waals surface area (Å²) in [5.74, 6) is -1.12. The maximum Gasteiger partial charge on any atom is 0.325 e. The van der Waals surface area contributed by atoms with E-state index >= 15 is 0 Å². The highest BCUT2D eigenvalue weighted by molar-refractivity contribution is 6.05. The number of amides is 4. The van der Waals surface area contributed by atoms with E-state index in [1.165, 1.54) is 6.92 Å². The van der Waals surface area contributed by atoms with Gasteiger partial charge in [-0.25, -0.2) is 4.79 Å². The van der Waals surface area contributed by atoms with Crippen LogP contribution >= 0.6 is 0 Å². The molecule has 1 saturated heterocycles. The molecule has 0 aromatic carbocycles. The van der Waals surface area contributed by atoms with Crippen molar-refractivity contribution in [1.29, 1.82) is 0 Å². The number of nitrogens with one attached hydrogen (secondary N) is 1. The van der Waals surface area contributed by atoms with Gasteiger partial charge in [0.1, 0.15) is 6.04 Å². The summed E-state index contributed by atoms with van der Waals surface area (Å²) < 4.78 is 0. The predicted octanol–water partition coefficient (Wildman–Crippen LogP) is -1.59. The zero-order valence-corrected chi connectivity index (χ0v) is 6.53. The maximum atomic E-state index is 11.0. The molecule has 6 heteroatoms. The summed E-state index contributed by atoms with van der Waals surface area (Å²) in [6, 6.07) is -1.44. The van der Waals surface area contributed by atoms with Crippen molar-refractivity contribution in [2.24, 2.45) is 5.73 Å². The zero-order chi connectivity index (χ0) is 9.30. The lowest BCUT2D eigenvalue weighted by molar-refractivity contribution is -0.132. The summed E-state index contributed by atoms with van der Waals surface area (Å²) in [7, 11) is 0. The molecular weight excluding hydrogens is 162 g/mol. The molecule has 0 unspecified atom stereocenters. The first-order valence-corrected chi connectivity index (χ1v) is 3.43. The topological polar surface area (TPSA) is 92.5 Å². The molecule has 66 valence electrons. The highest BCUT2D eigenvalue weighted by Crippen LogP contribution is 2.04. The van der Waals surface area contributed by atoms with E-state index in [1.807, 2.05) is 0 Å². The van der Waals surface area contributed by atoms with Gasteiger partial charge in [0, 0.05) is 0 Å². The molecule has 1 atom stereocenters. The second kappa shape index (κ2) is 2.80. The average Bonchev–Trinajstić information content (AvgIpc) is 2.30. The Kier molecular flexibility index (Phi) is 1.99. The number of carbonyl (C=O) groups excluding carboxylic acids is 3. The van der Waals surface area contributed by atoms with Crippen LogP contribution in [-0.2, 0) is 9.59 Å². The second-order valence-electron chi connectivity index (χ2n) is 2.50. The molecule has 0 aromatic heterocycles. The molecule has 0 saturated carbocycles. The Morgan fingerprint density at radius 3 is 2.58 bits per heavy atom. The van der Waals surface area contributed by atoms with Crippen LogP contribution < -0.4 is 11.1 Å². The minimum atomic E-state index is -0.875. The first-order chi connectivity index (χ1) is 5.54. The van der Waals surface area contributed by atoms with Crippen LogP contribution in [0.25, 0.3) is 0 Å². The van der Waals surface area contributed by atoms with Crippen LogP contribution in [0, 0.1) is 0 Å². The van der Waals surface area contributed by atoms with Gasteiger partial charge < -0.3 is 11.1 Å². The lowest BCUT2D eigenvalue weighted by Gasteiger charge is -2.17. The molecule has 0 aromatic rings. The minimum Gasteiger partial charge on any atom is -0.368 e. The predicted molar refractivity (Wildman–Crippen MR) is 38.9 cm³/mol. The van der Waals surface area contributed by atoms with Crippen LogP contribution in [-0.4, -0.2) is 35.3 Å². The molecule has 6 nitrogen and oxygen atoms in total. The average molecular weight is 171 g/mol.